The quantitative estimate of drug-likeness (QED) is 0.308. The molecule has 0 saturated heterocycles. The third kappa shape index (κ3) is 3.88. The average Bonchev–Trinajstić information content (AvgIpc) is 2.93. The van der Waals surface area contributed by atoms with E-state index in [9.17, 15) is 9.59 Å². The summed E-state index contributed by atoms with van der Waals surface area (Å²) in [6.45, 7) is 0. The Kier molecular flexibility index (Phi) is 5.58. The molecule has 6 rings (SSSR count). The van der Waals surface area contributed by atoms with Crippen LogP contribution in [0.25, 0.3) is 49.6 Å². The van der Waals surface area contributed by atoms with Gasteiger partial charge in [0.15, 0.2) is 0 Å². The van der Waals surface area contributed by atoms with Crippen molar-refractivity contribution in [3.05, 3.63) is 123 Å². The molecule has 0 radical (unpaired) electrons. The first-order valence-electron chi connectivity index (χ1n) is 11.6. The van der Waals surface area contributed by atoms with Crippen LogP contribution < -0.4 is 16.0 Å². The van der Waals surface area contributed by atoms with Crippen molar-refractivity contribution >= 4 is 33.3 Å². The molecule has 6 nitrogen and oxygen atoms in total. The number of aromatic nitrogens is 3. The van der Waals surface area contributed by atoms with Gasteiger partial charge in [-0.3, -0.25) is 9.78 Å². The number of fused-ring (bicyclic) bond motifs is 2. The summed E-state index contributed by atoms with van der Waals surface area (Å²) in [6.07, 6.45) is 3.37. The highest BCUT2D eigenvalue weighted by Gasteiger charge is 2.16. The van der Waals surface area contributed by atoms with E-state index >= 15 is 0 Å². The van der Waals surface area contributed by atoms with E-state index in [1.165, 1.54) is 4.57 Å². The van der Waals surface area contributed by atoms with Crippen molar-refractivity contribution in [2.75, 3.05) is 7.11 Å². The Labute approximate surface area is 216 Å². The van der Waals surface area contributed by atoms with Crippen molar-refractivity contribution in [3.63, 3.8) is 0 Å². The van der Waals surface area contributed by atoms with E-state index in [1.54, 1.807) is 43.8 Å². The molecule has 0 fully saturated rings. The van der Waals surface area contributed by atoms with Crippen molar-refractivity contribution < 1.29 is 4.74 Å². The van der Waals surface area contributed by atoms with Crippen LogP contribution >= 0.6 is 11.6 Å². The minimum absolute atomic E-state index is 0.391. The number of methoxy groups -OCH3 is 1. The number of nitrogens with one attached hydrogen (secondary N) is 1. The second-order valence-corrected chi connectivity index (χ2v) is 9.01. The summed E-state index contributed by atoms with van der Waals surface area (Å²) in [6, 6.07) is 26.1. The number of aromatic amines is 1. The maximum atomic E-state index is 13.6. The monoisotopic (exact) mass is 505 g/mol. The predicted molar refractivity (Wildman–Crippen MR) is 148 cm³/mol. The van der Waals surface area contributed by atoms with Gasteiger partial charge in [0.05, 0.1) is 29.9 Å². The van der Waals surface area contributed by atoms with Gasteiger partial charge in [-0.1, -0.05) is 66.2 Å². The molecule has 0 bridgehead atoms. The van der Waals surface area contributed by atoms with Gasteiger partial charge < -0.3 is 9.72 Å². The van der Waals surface area contributed by atoms with Gasteiger partial charge in [-0.2, -0.15) is 0 Å². The van der Waals surface area contributed by atoms with E-state index in [-0.39, 0.29) is 0 Å². The third-order valence-electron chi connectivity index (χ3n) is 6.47. The number of hydrogen-bond acceptors (Lipinski definition) is 4. The van der Waals surface area contributed by atoms with Crippen LogP contribution in [0.5, 0.6) is 5.75 Å². The van der Waals surface area contributed by atoms with E-state index < -0.39 is 11.2 Å². The first-order valence-corrected chi connectivity index (χ1v) is 12.0. The number of hydrogen-bond donors (Lipinski definition) is 1. The van der Waals surface area contributed by atoms with Gasteiger partial charge in [0.25, 0.3) is 5.56 Å². The summed E-state index contributed by atoms with van der Waals surface area (Å²) >= 11 is 6.67. The van der Waals surface area contributed by atoms with Gasteiger partial charge in [-0.25, -0.2) is 9.36 Å². The predicted octanol–water partition coefficient (Wildman–Crippen LogP) is 6.22. The molecule has 180 valence electrons. The Bertz CT molecular complexity index is 1940. The zero-order chi connectivity index (χ0) is 25.5. The highest BCUT2D eigenvalue weighted by molar-refractivity contribution is 6.34. The van der Waals surface area contributed by atoms with Crippen molar-refractivity contribution in [1.29, 1.82) is 0 Å². The number of ether oxygens (including phenoxy) is 1. The normalized spacial score (nSPS) is 11.2. The molecule has 1 N–H and O–H groups in total. The molecule has 2 aromatic heterocycles. The Balaban J connectivity index is 1.55. The fourth-order valence-corrected chi connectivity index (χ4v) is 5.02. The Hall–Kier alpha value is -4.68. The van der Waals surface area contributed by atoms with E-state index in [0.29, 0.717) is 27.4 Å². The number of rotatable bonds is 4. The maximum absolute atomic E-state index is 13.6. The summed E-state index contributed by atoms with van der Waals surface area (Å²) in [5.74, 6) is 0.625. The van der Waals surface area contributed by atoms with Gasteiger partial charge in [0.1, 0.15) is 5.75 Å². The van der Waals surface area contributed by atoms with Crippen molar-refractivity contribution in [1.82, 2.24) is 14.5 Å². The standard InChI is InChI=1S/C30H20ClN3O3/c1-37-21-14-20(16-32-17-21)23-9-5-10-25(31)28(23)19-12-13-24-26(15-19)33-30(36)34(29(24)35)27-11-4-7-18-6-2-3-8-22(18)27/h2-17H,1H3,(H,33,36). The molecule has 2 heterocycles. The molecule has 6 aromatic rings. The summed E-state index contributed by atoms with van der Waals surface area (Å²) in [7, 11) is 1.59. The Morgan fingerprint density at radius 3 is 2.51 bits per heavy atom. The minimum atomic E-state index is -0.512. The lowest BCUT2D eigenvalue weighted by Gasteiger charge is -2.14. The van der Waals surface area contributed by atoms with Crippen LogP contribution in [-0.4, -0.2) is 21.6 Å². The molecule has 0 amide bonds. The number of halogens is 1. The molecule has 37 heavy (non-hydrogen) atoms. The lowest BCUT2D eigenvalue weighted by molar-refractivity contribution is 0.413. The van der Waals surface area contributed by atoms with E-state index in [0.717, 1.165) is 33.0 Å². The number of pyridine rings is 1. The molecule has 0 aliphatic rings. The maximum Gasteiger partial charge on any atom is 0.333 e. The van der Waals surface area contributed by atoms with Crippen LogP contribution in [0.2, 0.25) is 5.02 Å². The van der Waals surface area contributed by atoms with Crippen molar-refractivity contribution in [3.8, 4) is 33.7 Å². The first kappa shape index (κ1) is 22.8. The van der Waals surface area contributed by atoms with E-state index in [4.69, 9.17) is 16.3 Å². The van der Waals surface area contributed by atoms with E-state index in [2.05, 4.69) is 9.97 Å². The van der Waals surface area contributed by atoms with Gasteiger partial charge >= 0.3 is 5.69 Å². The molecular weight excluding hydrogens is 486 g/mol. The van der Waals surface area contributed by atoms with Crippen LogP contribution in [-0.2, 0) is 0 Å². The molecule has 0 spiro atoms. The molecule has 0 unspecified atom stereocenters. The Morgan fingerprint density at radius 1 is 0.838 bits per heavy atom. The summed E-state index contributed by atoms with van der Waals surface area (Å²) < 4.78 is 6.53. The van der Waals surface area contributed by atoms with Crippen LogP contribution in [0.15, 0.2) is 107 Å². The lowest BCUT2D eigenvalue weighted by atomic mass is 9.94. The molecule has 7 heteroatoms. The molecule has 4 aromatic carbocycles. The van der Waals surface area contributed by atoms with Gasteiger partial charge in [-0.05, 0) is 46.8 Å². The zero-order valence-corrected chi connectivity index (χ0v) is 20.5. The average molecular weight is 506 g/mol. The van der Waals surface area contributed by atoms with Crippen molar-refractivity contribution in [2.24, 2.45) is 0 Å². The van der Waals surface area contributed by atoms with Gasteiger partial charge in [0.2, 0.25) is 0 Å². The van der Waals surface area contributed by atoms with Crippen molar-refractivity contribution in [2.45, 2.75) is 0 Å². The second kappa shape index (κ2) is 9.08. The molecular formula is C30H20ClN3O3. The minimum Gasteiger partial charge on any atom is -0.495 e. The highest BCUT2D eigenvalue weighted by Crippen LogP contribution is 2.38. The molecule has 0 atom stereocenters. The molecule has 0 saturated carbocycles. The fraction of sp³-hybridized carbons (Fsp3) is 0.0333. The number of H-pyrrole nitrogens is 1. The smallest absolute Gasteiger partial charge is 0.333 e. The number of benzene rings is 4. The lowest BCUT2D eigenvalue weighted by Crippen LogP contribution is -2.33. The second-order valence-electron chi connectivity index (χ2n) is 8.61. The Morgan fingerprint density at radius 2 is 1.65 bits per heavy atom. The first-order chi connectivity index (χ1) is 18.0. The van der Waals surface area contributed by atoms with Gasteiger partial charge in [0, 0.05) is 27.7 Å². The van der Waals surface area contributed by atoms with Crippen LogP contribution in [0.1, 0.15) is 0 Å². The molecule has 0 aliphatic heterocycles. The molecule has 0 aliphatic carbocycles. The summed E-state index contributed by atoms with van der Waals surface area (Å²) in [4.78, 5) is 34.0. The van der Waals surface area contributed by atoms with Crippen LogP contribution in [0.3, 0.4) is 0 Å². The van der Waals surface area contributed by atoms with Crippen LogP contribution in [0.4, 0.5) is 0 Å². The third-order valence-corrected chi connectivity index (χ3v) is 6.78. The van der Waals surface area contributed by atoms with E-state index in [1.807, 2.05) is 60.7 Å². The topological polar surface area (TPSA) is 77.0 Å². The largest absolute Gasteiger partial charge is 0.495 e. The highest BCUT2D eigenvalue weighted by atomic mass is 35.5. The SMILES string of the molecule is COc1cncc(-c2cccc(Cl)c2-c2ccc3c(=O)n(-c4cccc5ccccc45)c(=O)[nH]c3c2)c1. The van der Waals surface area contributed by atoms with Crippen LogP contribution in [0, 0.1) is 0 Å². The zero-order valence-electron chi connectivity index (χ0n) is 19.7. The fourth-order valence-electron chi connectivity index (χ4n) is 4.73. The number of nitrogens with zero attached hydrogens (tertiary/aromatic N) is 2. The summed E-state index contributed by atoms with van der Waals surface area (Å²) in [5, 5.41) is 2.69. The summed E-state index contributed by atoms with van der Waals surface area (Å²) in [5.41, 5.74) is 3.27. The van der Waals surface area contributed by atoms with Gasteiger partial charge in [-0.15, -0.1) is 0 Å².